The molecule has 21 heavy (non-hydrogen) atoms. The molecule has 0 atom stereocenters. The Hall–Kier alpha value is -1.18. The van der Waals surface area contributed by atoms with Crippen LogP contribution in [0.25, 0.3) is 0 Å². The number of rotatable bonds is 5. The van der Waals surface area contributed by atoms with E-state index in [1.165, 1.54) is 14.2 Å². The Bertz CT molecular complexity index is 497. The van der Waals surface area contributed by atoms with Crippen LogP contribution in [0.5, 0.6) is 17.2 Å². The molecule has 7 heteroatoms. The average molecular weight is 312 g/mol. The van der Waals surface area contributed by atoms with Gasteiger partial charge in [-0.25, -0.2) is 0 Å². The third kappa shape index (κ3) is 3.72. The fraction of sp³-hybridized carbons (Fsp3) is 0.571. The van der Waals surface area contributed by atoms with Crippen molar-refractivity contribution in [2.75, 3.05) is 14.2 Å². The summed E-state index contributed by atoms with van der Waals surface area (Å²) in [5.74, 6) is 1.22. The molecule has 2 N–H and O–H groups in total. The first-order valence-electron chi connectivity index (χ1n) is 6.85. The largest absolute Gasteiger partial charge is 0.541 e. The molecule has 0 unspecified atom stereocenters. The van der Waals surface area contributed by atoms with Gasteiger partial charge in [-0.3, -0.25) is 0 Å². The lowest BCUT2D eigenvalue weighted by Gasteiger charge is -2.37. The Kier molecular flexibility index (Phi) is 5.36. The summed E-state index contributed by atoms with van der Waals surface area (Å²) in [5.41, 5.74) is 0.275. The van der Waals surface area contributed by atoms with E-state index in [9.17, 15) is 10.0 Å². The Morgan fingerprint density at radius 3 is 1.95 bits per heavy atom. The minimum absolute atomic E-state index is 0.0290. The molecule has 0 heterocycles. The van der Waals surface area contributed by atoms with Crippen LogP contribution in [0.3, 0.4) is 0 Å². The first kappa shape index (κ1) is 17.9. The summed E-state index contributed by atoms with van der Waals surface area (Å²) in [5, 5.41) is 19.1. The lowest BCUT2D eigenvalue weighted by Crippen LogP contribution is -2.46. The molecule has 0 amide bonds. The van der Waals surface area contributed by atoms with Gasteiger partial charge in [0.1, 0.15) is 5.75 Å². The monoisotopic (exact) mass is 312 g/mol. The summed E-state index contributed by atoms with van der Waals surface area (Å²) in [7, 11) is -0.764. The smallest absolute Gasteiger partial charge is 0.492 e. The molecular weight excluding hydrogens is 287 g/mol. The third-order valence-electron chi connectivity index (χ3n) is 3.97. The van der Waals surface area contributed by atoms with Crippen LogP contribution in [0.4, 0.5) is 0 Å². The summed E-state index contributed by atoms with van der Waals surface area (Å²) < 4.78 is 16.9. The normalized spacial score (nSPS) is 12.0. The molecule has 0 aliphatic carbocycles. The molecule has 0 bridgehead atoms. The number of hydrogen-bond acceptors (Lipinski definition) is 5. The lowest BCUT2D eigenvalue weighted by molar-refractivity contribution is 0.340. The summed E-state index contributed by atoms with van der Waals surface area (Å²) in [6.07, 6.45) is 0. The van der Waals surface area contributed by atoms with Crippen molar-refractivity contribution in [1.82, 2.24) is 0 Å². The molecular formula is C14H25BO5Si. The van der Waals surface area contributed by atoms with E-state index in [0.29, 0.717) is 17.2 Å². The minimum Gasteiger partial charge on any atom is -0.541 e. The van der Waals surface area contributed by atoms with Crippen LogP contribution in [0.15, 0.2) is 12.1 Å². The van der Waals surface area contributed by atoms with Crippen molar-refractivity contribution in [3.8, 4) is 17.2 Å². The molecule has 0 saturated heterocycles. The first-order valence-corrected chi connectivity index (χ1v) is 9.76. The van der Waals surface area contributed by atoms with Crippen molar-refractivity contribution in [1.29, 1.82) is 0 Å². The van der Waals surface area contributed by atoms with Gasteiger partial charge in [0.05, 0.1) is 14.2 Å². The molecule has 0 saturated carbocycles. The lowest BCUT2D eigenvalue weighted by atomic mass is 9.79. The van der Waals surface area contributed by atoms with Gasteiger partial charge in [-0.2, -0.15) is 0 Å². The molecule has 0 radical (unpaired) electrons. The Morgan fingerprint density at radius 2 is 1.57 bits per heavy atom. The van der Waals surface area contributed by atoms with Gasteiger partial charge in [0.15, 0.2) is 5.75 Å². The van der Waals surface area contributed by atoms with E-state index in [4.69, 9.17) is 13.9 Å². The molecule has 5 nitrogen and oxygen atoms in total. The van der Waals surface area contributed by atoms with Gasteiger partial charge in [-0.1, -0.05) is 26.8 Å². The van der Waals surface area contributed by atoms with Crippen molar-refractivity contribution in [2.45, 2.75) is 38.9 Å². The molecule has 118 valence electrons. The van der Waals surface area contributed by atoms with Crippen molar-refractivity contribution in [2.24, 2.45) is 0 Å². The molecule has 1 aromatic carbocycles. The van der Waals surface area contributed by atoms with Gasteiger partial charge >= 0.3 is 7.12 Å². The second-order valence-electron chi connectivity index (χ2n) is 6.46. The zero-order valence-corrected chi connectivity index (χ0v) is 14.9. The van der Waals surface area contributed by atoms with E-state index in [0.717, 1.165) is 0 Å². The SMILES string of the molecule is COc1ccc(B(O)O)c(O[Si](C)(C)C(C)(C)C)c1OC. The number of benzene rings is 1. The fourth-order valence-electron chi connectivity index (χ4n) is 1.63. The topological polar surface area (TPSA) is 68.2 Å². The maximum atomic E-state index is 9.58. The number of hydrogen-bond donors (Lipinski definition) is 2. The Balaban J connectivity index is 3.44. The highest BCUT2D eigenvalue weighted by Crippen LogP contribution is 2.42. The van der Waals surface area contributed by atoms with Crippen molar-refractivity contribution in [3.05, 3.63) is 12.1 Å². The van der Waals surface area contributed by atoms with Crippen LogP contribution in [-0.2, 0) is 0 Å². The summed E-state index contributed by atoms with van der Waals surface area (Å²) in [6.45, 7) is 10.5. The first-order chi connectivity index (χ1) is 9.55. The molecule has 0 aromatic heterocycles. The van der Waals surface area contributed by atoms with Crippen molar-refractivity contribution >= 4 is 20.9 Å². The van der Waals surface area contributed by atoms with Crippen molar-refractivity contribution < 1.29 is 23.9 Å². The average Bonchev–Trinajstić information content (AvgIpc) is 2.35. The van der Waals surface area contributed by atoms with Gasteiger partial charge in [-0.15, -0.1) is 0 Å². The van der Waals surface area contributed by atoms with Crippen LogP contribution in [0.1, 0.15) is 20.8 Å². The van der Waals surface area contributed by atoms with Gasteiger partial charge in [0, 0.05) is 5.46 Å². The predicted octanol–water partition coefficient (Wildman–Crippen LogP) is 1.77. The van der Waals surface area contributed by atoms with Crippen LogP contribution < -0.4 is 19.4 Å². The highest BCUT2D eigenvalue weighted by molar-refractivity contribution is 6.75. The minimum atomic E-state index is -2.16. The zero-order valence-electron chi connectivity index (χ0n) is 13.9. The van der Waals surface area contributed by atoms with E-state index < -0.39 is 15.4 Å². The molecule has 0 aliphatic rings. The second-order valence-corrected chi connectivity index (χ2v) is 11.2. The molecule has 0 aliphatic heterocycles. The molecule has 1 rings (SSSR count). The van der Waals surface area contributed by atoms with Crippen molar-refractivity contribution in [3.63, 3.8) is 0 Å². The second kappa shape index (κ2) is 6.29. The van der Waals surface area contributed by atoms with E-state index in [1.807, 2.05) is 0 Å². The summed E-state index contributed by atoms with van der Waals surface area (Å²) in [6, 6.07) is 3.21. The molecule has 1 aromatic rings. The van der Waals surface area contributed by atoms with Gasteiger partial charge in [-0.05, 0) is 24.2 Å². The van der Waals surface area contributed by atoms with E-state index in [1.54, 1.807) is 12.1 Å². The van der Waals surface area contributed by atoms with E-state index in [2.05, 4.69) is 33.9 Å². The van der Waals surface area contributed by atoms with Crippen LogP contribution in [0, 0.1) is 0 Å². The van der Waals surface area contributed by atoms with Gasteiger partial charge in [0.25, 0.3) is 8.32 Å². The van der Waals surface area contributed by atoms with Crippen LogP contribution in [0.2, 0.25) is 18.1 Å². The quantitative estimate of drug-likeness (QED) is 0.811. The maximum absolute atomic E-state index is 9.58. The summed E-state index contributed by atoms with van der Waals surface area (Å²) >= 11 is 0. The standard InChI is InChI=1S/C14H25BO5Si/c1-14(2,3)21(6,7)20-12-10(15(16)17)8-9-11(18-4)13(12)19-5/h8-9,16-17H,1-7H3. The van der Waals surface area contributed by atoms with Gasteiger partial charge in [0.2, 0.25) is 5.75 Å². The van der Waals surface area contributed by atoms with Gasteiger partial charge < -0.3 is 23.9 Å². The van der Waals surface area contributed by atoms with E-state index >= 15 is 0 Å². The third-order valence-corrected chi connectivity index (χ3v) is 8.30. The van der Waals surface area contributed by atoms with E-state index in [-0.39, 0.29) is 10.5 Å². The van der Waals surface area contributed by atoms with Crippen LogP contribution >= 0.6 is 0 Å². The fourth-order valence-corrected chi connectivity index (χ4v) is 2.66. The number of ether oxygens (including phenoxy) is 2. The predicted molar refractivity (Wildman–Crippen MR) is 87.2 cm³/mol. The van der Waals surface area contributed by atoms with Crippen LogP contribution in [-0.4, -0.2) is 39.7 Å². The Labute approximate surface area is 128 Å². The summed E-state index contributed by atoms with van der Waals surface area (Å²) in [4.78, 5) is 0. The Morgan fingerprint density at radius 1 is 1.00 bits per heavy atom. The highest BCUT2D eigenvalue weighted by Gasteiger charge is 2.41. The molecule has 0 spiro atoms. The maximum Gasteiger partial charge on any atom is 0.492 e. The highest BCUT2D eigenvalue weighted by atomic mass is 28.4. The number of methoxy groups -OCH3 is 2. The zero-order chi connectivity index (χ0) is 16.4. The molecule has 0 fully saturated rings.